The molecular weight excluding hydrogens is 334 g/mol. The topological polar surface area (TPSA) is 49.3 Å². The van der Waals surface area contributed by atoms with E-state index in [0.29, 0.717) is 13.0 Å². The Kier molecular flexibility index (Phi) is 23.0. The minimum Gasteiger partial charge on any atom is -0.395 e. The Hall–Kier alpha value is -0.570. The van der Waals surface area contributed by atoms with Crippen molar-refractivity contribution in [1.82, 2.24) is 5.32 Å². The van der Waals surface area contributed by atoms with Crippen molar-refractivity contribution in [3.63, 3.8) is 0 Å². The minimum absolute atomic E-state index is 0.0327. The molecule has 0 aromatic heterocycles. The maximum absolute atomic E-state index is 11.4. The molecule has 2 N–H and O–H groups in total. The lowest BCUT2D eigenvalue weighted by Crippen LogP contribution is -2.25. The summed E-state index contributed by atoms with van der Waals surface area (Å²) in [4.78, 5) is 11.4. The molecule has 0 saturated heterocycles. The predicted octanol–water partition coefficient (Wildman–Crippen LogP) is 6.92. The van der Waals surface area contributed by atoms with Crippen molar-refractivity contribution < 1.29 is 9.90 Å². The minimum atomic E-state index is 0.0327. The number of aliphatic hydroxyl groups is 1. The van der Waals surface area contributed by atoms with Crippen molar-refractivity contribution in [3.05, 3.63) is 0 Å². The molecule has 0 saturated carbocycles. The highest BCUT2D eigenvalue weighted by Gasteiger charge is 1.99. The number of carbonyl (C=O) groups is 1. The average molecular weight is 384 g/mol. The lowest BCUT2D eigenvalue weighted by molar-refractivity contribution is -0.121. The average Bonchev–Trinajstić information content (AvgIpc) is 2.68. The van der Waals surface area contributed by atoms with E-state index in [1.807, 2.05) is 0 Å². The molecule has 0 aliphatic rings. The number of hydrogen-bond donors (Lipinski definition) is 2. The summed E-state index contributed by atoms with van der Waals surface area (Å²) in [7, 11) is 0. The largest absolute Gasteiger partial charge is 0.395 e. The molecule has 162 valence electrons. The third kappa shape index (κ3) is 23.4. The summed E-state index contributed by atoms with van der Waals surface area (Å²) in [6.07, 6.45) is 26.7. The van der Waals surface area contributed by atoms with Crippen LogP contribution in [0.5, 0.6) is 0 Å². The number of carbonyl (C=O) groups excluding carboxylic acids is 1. The summed E-state index contributed by atoms with van der Waals surface area (Å²) in [5.74, 6) is 0.0797. The number of rotatable bonds is 22. The van der Waals surface area contributed by atoms with Gasteiger partial charge in [-0.05, 0) is 6.42 Å². The fourth-order valence-electron chi connectivity index (χ4n) is 3.65. The van der Waals surface area contributed by atoms with E-state index in [0.717, 1.165) is 12.8 Å². The molecule has 0 bridgehead atoms. The maximum Gasteiger partial charge on any atom is 0.220 e. The van der Waals surface area contributed by atoms with Gasteiger partial charge in [-0.25, -0.2) is 0 Å². The zero-order valence-corrected chi connectivity index (χ0v) is 18.4. The number of nitrogens with one attached hydrogen (secondary N) is 1. The molecule has 3 nitrogen and oxygen atoms in total. The highest BCUT2D eigenvalue weighted by atomic mass is 16.3. The quantitative estimate of drug-likeness (QED) is 0.199. The van der Waals surface area contributed by atoms with Crippen LogP contribution in [-0.4, -0.2) is 24.2 Å². The van der Waals surface area contributed by atoms with E-state index in [9.17, 15) is 4.79 Å². The van der Waals surface area contributed by atoms with Gasteiger partial charge in [0.2, 0.25) is 5.91 Å². The molecule has 0 aromatic rings. The van der Waals surface area contributed by atoms with Gasteiger partial charge in [0.25, 0.3) is 0 Å². The summed E-state index contributed by atoms with van der Waals surface area (Å²) in [6, 6.07) is 0. The van der Waals surface area contributed by atoms with Crippen molar-refractivity contribution in [2.24, 2.45) is 0 Å². The second kappa shape index (κ2) is 23.5. The van der Waals surface area contributed by atoms with Gasteiger partial charge in [0.15, 0.2) is 0 Å². The summed E-state index contributed by atoms with van der Waals surface area (Å²) < 4.78 is 0. The first-order valence-corrected chi connectivity index (χ1v) is 12.2. The molecule has 1 amide bonds. The number of amides is 1. The number of aliphatic hydroxyl groups excluding tert-OH is 1. The third-order valence-corrected chi connectivity index (χ3v) is 5.44. The van der Waals surface area contributed by atoms with Crippen LogP contribution in [-0.2, 0) is 4.79 Å². The van der Waals surface area contributed by atoms with Gasteiger partial charge in [-0.15, -0.1) is 0 Å². The van der Waals surface area contributed by atoms with Gasteiger partial charge >= 0.3 is 0 Å². The first kappa shape index (κ1) is 26.4. The Morgan fingerprint density at radius 1 is 0.593 bits per heavy atom. The molecule has 0 spiro atoms. The molecule has 3 heteroatoms. The molecule has 27 heavy (non-hydrogen) atoms. The summed E-state index contributed by atoms with van der Waals surface area (Å²) in [5, 5.41) is 11.3. The van der Waals surface area contributed by atoms with Gasteiger partial charge in [0, 0.05) is 13.0 Å². The van der Waals surface area contributed by atoms with Gasteiger partial charge in [-0.1, -0.05) is 122 Å². The van der Waals surface area contributed by atoms with Crippen LogP contribution in [0, 0.1) is 0 Å². The fraction of sp³-hybridized carbons (Fsp3) is 0.958. The smallest absolute Gasteiger partial charge is 0.220 e. The van der Waals surface area contributed by atoms with E-state index in [2.05, 4.69) is 12.2 Å². The second-order valence-electron chi connectivity index (χ2n) is 8.19. The molecule has 0 fully saturated rings. The Morgan fingerprint density at radius 2 is 0.926 bits per heavy atom. The molecule has 0 heterocycles. The molecule has 0 aromatic carbocycles. The van der Waals surface area contributed by atoms with Crippen LogP contribution in [0.25, 0.3) is 0 Å². The molecule has 0 rings (SSSR count). The van der Waals surface area contributed by atoms with Crippen LogP contribution in [0.3, 0.4) is 0 Å². The predicted molar refractivity (Wildman–Crippen MR) is 118 cm³/mol. The van der Waals surface area contributed by atoms with E-state index >= 15 is 0 Å². The fourth-order valence-corrected chi connectivity index (χ4v) is 3.65. The summed E-state index contributed by atoms with van der Waals surface area (Å²) in [5.41, 5.74) is 0. The number of unbranched alkanes of at least 4 members (excludes halogenated alkanes) is 18. The van der Waals surface area contributed by atoms with Crippen LogP contribution in [0.4, 0.5) is 0 Å². The zero-order chi connectivity index (χ0) is 19.8. The van der Waals surface area contributed by atoms with Crippen molar-refractivity contribution in [2.45, 2.75) is 135 Å². The molecule has 0 radical (unpaired) electrons. The van der Waals surface area contributed by atoms with E-state index < -0.39 is 0 Å². The maximum atomic E-state index is 11.4. The third-order valence-electron chi connectivity index (χ3n) is 5.44. The van der Waals surface area contributed by atoms with Crippen molar-refractivity contribution in [3.8, 4) is 0 Å². The normalized spacial score (nSPS) is 11.0. The first-order valence-electron chi connectivity index (χ1n) is 12.2. The zero-order valence-electron chi connectivity index (χ0n) is 18.4. The monoisotopic (exact) mass is 383 g/mol. The Labute approximate surface area is 170 Å². The Morgan fingerprint density at radius 3 is 1.26 bits per heavy atom. The van der Waals surface area contributed by atoms with Crippen LogP contribution in [0.1, 0.15) is 135 Å². The summed E-state index contributed by atoms with van der Waals surface area (Å²) in [6.45, 7) is 2.70. The van der Waals surface area contributed by atoms with Crippen LogP contribution < -0.4 is 5.32 Å². The Bertz CT molecular complexity index is 294. The van der Waals surface area contributed by atoms with E-state index in [4.69, 9.17) is 5.11 Å². The van der Waals surface area contributed by atoms with Gasteiger partial charge in [-0.2, -0.15) is 0 Å². The Balaban J connectivity index is 3.04. The van der Waals surface area contributed by atoms with Crippen LogP contribution >= 0.6 is 0 Å². The second-order valence-corrected chi connectivity index (χ2v) is 8.19. The molecule has 0 aliphatic heterocycles. The summed E-state index contributed by atoms with van der Waals surface area (Å²) >= 11 is 0. The standard InChI is InChI=1S/C24H49NO2/c1-2-3-4-5-6-7-8-9-10-11-12-13-14-15-16-17-18-19-20-21-24(27)25-22-23-26/h26H,2-23H2,1H3,(H,25,27). The van der Waals surface area contributed by atoms with Gasteiger partial charge in [0.05, 0.1) is 6.61 Å². The lowest BCUT2D eigenvalue weighted by atomic mass is 10.0. The van der Waals surface area contributed by atoms with E-state index in [1.54, 1.807) is 0 Å². The number of hydrogen-bond acceptors (Lipinski definition) is 2. The highest BCUT2D eigenvalue weighted by molar-refractivity contribution is 5.75. The van der Waals surface area contributed by atoms with E-state index in [1.165, 1.54) is 109 Å². The van der Waals surface area contributed by atoms with Crippen LogP contribution in [0.2, 0.25) is 0 Å². The molecule has 0 atom stereocenters. The first-order chi connectivity index (χ1) is 13.3. The van der Waals surface area contributed by atoms with E-state index in [-0.39, 0.29) is 12.5 Å². The van der Waals surface area contributed by atoms with Crippen molar-refractivity contribution in [1.29, 1.82) is 0 Å². The van der Waals surface area contributed by atoms with Gasteiger partial charge in [-0.3, -0.25) is 4.79 Å². The van der Waals surface area contributed by atoms with Gasteiger partial charge < -0.3 is 10.4 Å². The lowest BCUT2D eigenvalue weighted by Gasteiger charge is -2.04. The molecule has 0 aliphatic carbocycles. The highest BCUT2D eigenvalue weighted by Crippen LogP contribution is 2.14. The van der Waals surface area contributed by atoms with Crippen molar-refractivity contribution >= 4 is 5.91 Å². The SMILES string of the molecule is CCCCCCCCCCCCCCCCCCCCCC(=O)NCCO. The van der Waals surface area contributed by atoms with Crippen molar-refractivity contribution in [2.75, 3.05) is 13.2 Å². The molecular formula is C24H49NO2. The molecule has 0 unspecified atom stereocenters. The van der Waals surface area contributed by atoms with Gasteiger partial charge in [0.1, 0.15) is 0 Å². The van der Waals surface area contributed by atoms with Crippen LogP contribution in [0.15, 0.2) is 0 Å².